The van der Waals surface area contributed by atoms with Gasteiger partial charge in [-0.05, 0) is 100.0 Å². The van der Waals surface area contributed by atoms with Crippen LogP contribution < -0.4 is 5.32 Å². The Bertz CT molecular complexity index is 1000. The molecule has 0 saturated heterocycles. The average molecular weight is 531 g/mol. The van der Waals surface area contributed by atoms with Crippen molar-refractivity contribution in [2.75, 3.05) is 20.1 Å². The van der Waals surface area contributed by atoms with Crippen molar-refractivity contribution in [3.05, 3.63) is 65.0 Å². The van der Waals surface area contributed by atoms with E-state index in [4.69, 9.17) is 5.11 Å². The van der Waals surface area contributed by atoms with Crippen LogP contribution in [0.25, 0.3) is 0 Å². The van der Waals surface area contributed by atoms with Crippen LogP contribution in [-0.4, -0.2) is 52.3 Å². The Labute approximate surface area is 214 Å². The number of benzene rings is 2. The minimum atomic E-state index is -4.54. The van der Waals surface area contributed by atoms with E-state index in [1.807, 2.05) is 19.9 Å². The highest BCUT2D eigenvalue weighted by Crippen LogP contribution is 2.34. The predicted octanol–water partition coefficient (Wildman–Crippen LogP) is 5.55. The summed E-state index contributed by atoms with van der Waals surface area (Å²) in [7, 11) is 1.68. The van der Waals surface area contributed by atoms with E-state index in [-0.39, 0.29) is 30.7 Å². The molecule has 0 saturated carbocycles. The van der Waals surface area contributed by atoms with Crippen molar-refractivity contribution in [3.8, 4) is 0 Å². The van der Waals surface area contributed by atoms with Gasteiger partial charge in [-0.15, -0.1) is 0 Å². The molecule has 1 atom stereocenters. The second-order valence-corrected chi connectivity index (χ2v) is 10.8. The van der Waals surface area contributed by atoms with Crippen LogP contribution in [0, 0.1) is 5.82 Å². The van der Waals surface area contributed by atoms with Crippen molar-refractivity contribution in [2.24, 2.45) is 0 Å². The van der Waals surface area contributed by atoms with Gasteiger partial charge in [0, 0.05) is 29.9 Å². The van der Waals surface area contributed by atoms with Crippen LogP contribution in [0.1, 0.15) is 49.8 Å². The fourth-order valence-corrected chi connectivity index (χ4v) is 4.75. The van der Waals surface area contributed by atoms with Gasteiger partial charge < -0.3 is 15.5 Å². The monoisotopic (exact) mass is 530 g/mol. The number of nitrogens with zero attached hydrogens (tertiary/aromatic N) is 1. The molecule has 36 heavy (non-hydrogen) atoms. The third kappa shape index (κ3) is 11.3. The van der Waals surface area contributed by atoms with Gasteiger partial charge in [0.15, 0.2) is 0 Å². The number of aliphatic hydroxyl groups is 1. The number of halogens is 4. The molecule has 10 heteroatoms. The van der Waals surface area contributed by atoms with E-state index in [9.17, 15) is 27.5 Å². The van der Waals surface area contributed by atoms with E-state index in [0.29, 0.717) is 17.0 Å². The number of nitrogens with one attached hydrogen (secondary N) is 1. The van der Waals surface area contributed by atoms with Crippen molar-refractivity contribution in [1.82, 2.24) is 9.62 Å². The first-order valence-corrected chi connectivity index (χ1v) is 12.5. The lowest BCUT2D eigenvalue weighted by molar-refractivity contribution is -0.138. The number of hydrogen-bond donors (Lipinski definition) is 3. The number of carboxylic acid groups (broad SMARTS) is 1. The zero-order valence-corrected chi connectivity index (χ0v) is 21.6. The van der Waals surface area contributed by atoms with Gasteiger partial charge in [0.25, 0.3) is 0 Å². The molecule has 0 amide bonds. The molecule has 0 unspecified atom stereocenters. The molecule has 5 nitrogen and oxygen atoms in total. The molecule has 0 spiro atoms. The highest BCUT2D eigenvalue weighted by molar-refractivity contribution is 7.97. The van der Waals surface area contributed by atoms with Gasteiger partial charge in [-0.1, -0.05) is 12.1 Å². The van der Waals surface area contributed by atoms with Crippen LogP contribution in [0.4, 0.5) is 17.6 Å². The van der Waals surface area contributed by atoms with Gasteiger partial charge >= 0.3 is 12.1 Å². The molecule has 2 aromatic carbocycles. The number of β-amino-alcohol motifs (C(OH)–C–C–N with tert-alkyl or cyclic N) is 1. The van der Waals surface area contributed by atoms with Gasteiger partial charge in [-0.2, -0.15) is 13.2 Å². The van der Waals surface area contributed by atoms with Crippen molar-refractivity contribution in [1.29, 1.82) is 0 Å². The van der Waals surface area contributed by atoms with Crippen LogP contribution in [-0.2, 0) is 23.8 Å². The zero-order valence-electron chi connectivity index (χ0n) is 20.7. The van der Waals surface area contributed by atoms with E-state index in [1.165, 1.54) is 12.1 Å². The molecule has 0 aliphatic carbocycles. The SMILES string of the molecule is CN(C[C@H](O)CNC(C)(C)CCCc1cccc(F)c1)Sc1cc(CCC(=O)O)cc(C(F)(F)F)c1. The number of aliphatic carboxylic acids is 1. The summed E-state index contributed by atoms with van der Waals surface area (Å²) in [4.78, 5) is 11.1. The topological polar surface area (TPSA) is 72.8 Å². The fourth-order valence-electron chi connectivity index (χ4n) is 3.76. The molecular weight excluding hydrogens is 496 g/mol. The summed E-state index contributed by atoms with van der Waals surface area (Å²) in [6.45, 7) is 4.54. The first-order chi connectivity index (χ1) is 16.7. The van der Waals surface area contributed by atoms with Crippen molar-refractivity contribution < 1.29 is 32.6 Å². The number of alkyl halides is 3. The molecule has 2 rings (SSSR count). The van der Waals surface area contributed by atoms with Crippen molar-refractivity contribution >= 4 is 17.9 Å². The molecule has 0 aromatic heterocycles. The summed E-state index contributed by atoms with van der Waals surface area (Å²) in [6, 6.07) is 10.1. The molecular formula is C26H34F4N2O3S. The molecule has 3 N–H and O–H groups in total. The van der Waals surface area contributed by atoms with Crippen LogP contribution >= 0.6 is 11.9 Å². The summed E-state index contributed by atoms with van der Waals surface area (Å²) in [5.41, 5.74) is 0.138. The minimum Gasteiger partial charge on any atom is -0.481 e. The third-order valence-electron chi connectivity index (χ3n) is 5.62. The zero-order chi connectivity index (χ0) is 26.9. The summed E-state index contributed by atoms with van der Waals surface area (Å²) < 4.78 is 54.9. The first kappa shape index (κ1) is 30.1. The maximum absolute atomic E-state index is 13.3. The lowest BCUT2D eigenvalue weighted by Crippen LogP contribution is -2.45. The van der Waals surface area contributed by atoms with Gasteiger partial charge in [-0.3, -0.25) is 4.79 Å². The normalized spacial score (nSPS) is 13.2. The highest BCUT2D eigenvalue weighted by atomic mass is 32.2. The Morgan fingerprint density at radius 3 is 2.47 bits per heavy atom. The van der Waals surface area contributed by atoms with Crippen molar-refractivity contribution in [3.63, 3.8) is 0 Å². The summed E-state index contributed by atoms with van der Waals surface area (Å²) in [5.74, 6) is -1.33. The Kier molecular flexibility index (Phi) is 11.2. The average Bonchev–Trinajstić information content (AvgIpc) is 2.75. The maximum Gasteiger partial charge on any atom is 0.416 e. The van der Waals surface area contributed by atoms with Crippen molar-refractivity contribution in [2.45, 2.75) is 68.7 Å². The van der Waals surface area contributed by atoms with Gasteiger partial charge in [0.2, 0.25) is 0 Å². The second-order valence-electron chi connectivity index (χ2n) is 9.56. The summed E-state index contributed by atoms with van der Waals surface area (Å²) >= 11 is 1.06. The quantitative estimate of drug-likeness (QED) is 0.220. The van der Waals surface area contributed by atoms with E-state index in [1.54, 1.807) is 23.5 Å². The Morgan fingerprint density at radius 2 is 1.83 bits per heavy atom. The Hall–Kier alpha value is -2.14. The number of rotatable bonds is 14. The number of aliphatic hydroxyl groups excluding tert-OH is 1. The molecule has 0 radical (unpaired) electrons. The molecule has 0 fully saturated rings. The van der Waals surface area contributed by atoms with Crippen LogP contribution in [0.3, 0.4) is 0 Å². The molecule has 200 valence electrons. The van der Waals surface area contributed by atoms with Crippen LogP contribution in [0.2, 0.25) is 0 Å². The van der Waals surface area contributed by atoms with Crippen LogP contribution in [0.15, 0.2) is 47.4 Å². The second kappa shape index (κ2) is 13.4. The van der Waals surface area contributed by atoms with Gasteiger partial charge in [0.1, 0.15) is 5.82 Å². The smallest absolute Gasteiger partial charge is 0.416 e. The molecule has 0 aliphatic heterocycles. The van der Waals surface area contributed by atoms with E-state index in [0.717, 1.165) is 48.9 Å². The van der Waals surface area contributed by atoms with Gasteiger partial charge in [0.05, 0.1) is 11.7 Å². The minimum absolute atomic E-state index is 0.00261. The largest absolute Gasteiger partial charge is 0.481 e. The number of aryl methyl sites for hydroxylation is 2. The lowest BCUT2D eigenvalue weighted by Gasteiger charge is -2.29. The third-order valence-corrected chi connectivity index (χ3v) is 6.53. The van der Waals surface area contributed by atoms with E-state index >= 15 is 0 Å². The number of carboxylic acids is 1. The summed E-state index contributed by atoms with van der Waals surface area (Å²) in [6.07, 6.45) is -3.17. The number of carbonyl (C=O) groups is 1. The number of hydrogen-bond acceptors (Lipinski definition) is 5. The van der Waals surface area contributed by atoms with Crippen LogP contribution in [0.5, 0.6) is 0 Å². The van der Waals surface area contributed by atoms with Gasteiger partial charge in [-0.25, -0.2) is 8.70 Å². The number of likely N-dealkylation sites (N-methyl/N-ethyl adjacent to an activating group) is 1. The lowest BCUT2D eigenvalue weighted by atomic mass is 9.95. The Balaban J connectivity index is 1.86. The van der Waals surface area contributed by atoms with E-state index < -0.39 is 23.8 Å². The Morgan fingerprint density at radius 1 is 1.11 bits per heavy atom. The molecule has 0 bridgehead atoms. The standard InChI is InChI=1S/C26H34F4N2O3S/c1-25(2,11-5-7-18-6-4-8-21(27)13-18)31-16-22(33)17-32(3)36-23-14-19(9-10-24(34)35)12-20(15-23)26(28,29)30/h4,6,8,12-15,22,31,33H,5,7,9-11,16-17H2,1-3H3,(H,34,35)/t22-/m1/s1. The highest BCUT2D eigenvalue weighted by Gasteiger charge is 2.31. The molecule has 2 aromatic rings. The summed E-state index contributed by atoms with van der Waals surface area (Å²) in [5, 5.41) is 22.7. The first-order valence-electron chi connectivity index (χ1n) is 11.7. The molecule has 0 heterocycles. The fraction of sp³-hybridized carbons (Fsp3) is 0.500. The predicted molar refractivity (Wildman–Crippen MR) is 133 cm³/mol. The maximum atomic E-state index is 13.3. The molecule has 0 aliphatic rings. The van der Waals surface area contributed by atoms with E-state index in [2.05, 4.69) is 5.32 Å².